The van der Waals surface area contributed by atoms with Crippen molar-refractivity contribution < 1.29 is 19.1 Å². The second-order valence-corrected chi connectivity index (χ2v) is 7.24. The zero-order valence-corrected chi connectivity index (χ0v) is 17.3. The largest absolute Gasteiger partial charge is 0.492 e. The molecule has 2 aromatic rings. The van der Waals surface area contributed by atoms with Crippen molar-refractivity contribution in [2.45, 2.75) is 20.3 Å². The number of hydrogen-bond donors (Lipinski definition) is 1. The van der Waals surface area contributed by atoms with Crippen LogP contribution in [0.25, 0.3) is 6.08 Å². The third-order valence-corrected chi connectivity index (χ3v) is 4.95. The van der Waals surface area contributed by atoms with Crippen LogP contribution in [0.5, 0.6) is 5.75 Å². The Kier molecular flexibility index (Phi) is 6.25. The third-order valence-electron chi connectivity index (χ3n) is 4.24. The molecule has 0 saturated carbocycles. The molecule has 0 atom stereocenters. The van der Waals surface area contributed by atoms with Crippen molar-refractivity contribution in [1.29, 1.82) is 0 Å². The molecular weight excluding hydrogens is 415 g/mol. The molecule has 1 aliphatic rings. The van der Waals surface area contributed by atoms with E-state index in [1.807, 2.05) is 6.92 Å². The van der Waals surface area contributed by atoms with Crippen molar-refractivity contribution in [1.82, 2.24) is 5.32 Å². The summed E-state index contributed by atoms with van der Waals surface area (Å²) in [7, 11) is 0. The highest BCUT2D eigenvalue weighted by Crippen LogP contribution is 2.29. The van der Waals surface area contributed by atoms with Crippen molar-refractivity contribution >= 4 is 52.8 Å². The number of amides is 4. The number of nitrogens with one attached hydrogen (secondary N) is 1. The monoisotopic (exact) mass is 432 g/mol. The summed E-state index contributed by atoms with van der Waals surface area (Å²) in [6, 6.07) is 8.86. The molecule has 150 valence electrons. The van der Waals surface area contributed by atoms with Crippen LogP contribution in [0.1, 0.15) is 24.5 Å². The van der Waals surface area contributed by atoms with E-state index in [9.17, 15) is 14.4 Å². The molecule has 1 aliphatic heterocycles. The van der Waals surface area contributed by atoms with Crippen molar-refractivity contribution in [2.24, 2.45) is 0 Å². The number of nitrogens with zero attached hydrogens (tertiary/aromatic N) is 1. The van der Waals surface area contributed by atoms with Gasteiger partial charge in [0.25, 0.3) is 11.8 Å². The lowest BCUT2D eigenvalue weighted by atomic mass is 10.1. The number of rotatable bonds is 5. The molecule has 0 bridgehead atoms. The second-order valence-electron chi connectivity index (χ2n) is 6.43. The maximum atomic E-state index is 12.9. The molecule has 4 amide bonds. The van der Waals surface area contributed by atoms with E-state index in [2.05, 4.69) is 5.32 Å². The van der Waals surface area contributed by atoms with Gasteiger partial charge >= 0.3 is 6.03 Å². The maximum Gasteiger partial charge on any atom is 0.335 e. The van der Waals surface area contributed by atoms with Gasteiger partial charge in [-0.3, -0.25) is 14.9 Å². The molecule has 29 heavy (non-hydrogen) atoms. The topological polar surface area (TPSA) is 75.7 Å². The maximum absolute atomic E-state index is 12.9. The molecule has 8 heteroatoms. The fourth-order valence-electron chi connectivity index (χ4n) is 2.72. The van der Waals surface area contributed by atoms with E-state index in [0.29, 0.717) is 28.0 Å². The van der Waals surface area contributed by atoms with E-state index in [-0.39, 0.29) is 11.3 Å². The number of ether oxygens (including phenoxy) is 1. The van der Waals surface area contributed by atoms with Crippen LogP contribution in [0.2, 0.25) is 10.0 Å². The van der Waals surface area contributed by atoms with Gasteiger partial charge in [-0.25, -0.2) is 9.69 Å². The van der Waals surface area contributed by atoms with Gasteiger partial charge < -0.3 is 4.74 Å². The summed E-state index contributed by atoms with van der Waals surface area (Å²) in [5.41, 5.74) is 1.39. The Labute approximate surface area is 178 Å². The van der Waals surface area contributed by atoms with Crippen LogP contribution >= 0.6 is 23.2 Å². The number of aryl methyl sites for hydroxylation is 1. The van der Waals surface area contributed by atoms with E-state index in [1.54, 1.807) is 37.3 Å². The Morgan fingerprint density at radius 3 is 2.48 bits per heavy atom. The summed E-state index contributed by atoms with van der Waals surface area (Å²) in [5.74, 6) is -1.01. The second kappa shape index (κ2) is 8.68. The number of halogens is 2. The number of carbonyl (C=O) groups is 3. The lowest BCUT2D eigenvalue weighted by Crippen LogP contribution is -2.54. The standard InChI is InChI=1S/C21H18Cl2N2O4/c1-3-8-29-18-7-5-13(10-17(18)23)9-15-19(26)24-21(28)25(20(15)27)14-6-4-12(2)16(22)11-14/h4-7,9-11H,3,8H2,1-2H3,(H,24,26,28)/b15-9+. The number of barbiturate groups is 1. The molecular formula is C21H18Cl2N2O4. The average molecular weight is 433 g/mol. The predicted octanol–water partition coefficient (Wildman–Crippen LogP) is 4.76. The summed E-state index contributed by atoms with van der Waals surface area (Å²) in [4.78, 5) is 38.3. The van der Waals surface area contributed by atoms with E-state index in [1.165, 1.54) is 12.1 Å². The molecule has 3 rings (SSSR count). The highest BCUT2D eigenvalue weighted by atomic mass is 35.5. The first-order chi connectivity index (χ1) is 13.8. The zero-order chi connectivity index (χ0) is 21.1. The molecule has 0 radical (unpaired) electrons. The van der Waals surface area contributed by atoms with E-state index in [4.69, 9.17) is 27.9 Å². The van der Waals surface area contributed by atoms with E-state index < -0.39 is 17.8 Å². The Balaban J connectivity index is 1.95. The van der Waals surface area contributed by atoms with E-state index in [0.717, 1.165) is 16.9 Å². The van der Waals surface area contributed by atoms with E-state index >= 15 is 0 Å². The molecule has 1 saturated heterocycles. The first-order valence-electron chi connectivity index (χ1n) is 8.91. The Morgan fingerprint density at radius 2 is 1.83 bits per heavy atom. The lowest BCUT2D eigenvalue weighted by molar-refractivity contribution is -0.122. The molecule has 1 N–H and O–H groups in total. The summed E-state index contributed by atoms with van der Waals surface area (Å²) in [6.45, 7) is 4.31. The predicted molar refractivity (Wildman–Crippen MR) is 112 cm³/mol. The van der Waals surface area contributed by atoms with Gasteiger partial charge in [0.05, 0.1) is 17.3 Å². The van der Waals surface area contributed by atoms with Crippen LogP contribution in [0.4, 0.5) is 10.5 Å². The molecule has 0 spiro atoms. The Morgan fingerprint density at radius 1 is 1.07 bits per heavy atom. The normalized spacial score (nSPS) is 15.7. The summed E-state index contributed by atoms with van der Waals surface area (Å²) in [5, 5.41) is 2.93. The van der Waals surface area contributed by atoms with Gasteiger partial charge in [0.15, 0.2) is 0 Å². The third kappa shape index (κ3) is 4.44. The Hall–Kier alpha value is -2.83. The summed E-state index contributed by atoms with van der Waals surface area (Å²) >= 11 is 12.3. The van der Waals surface area contributed by atoms with Gasteiger partial charge in [-0.1, -0.05) is 42.3 Å². The van der Waals surface area contributed by atoms with Gasteiger partial charge in [-0.05, 0) is 54.8 Å². The number of hydrogen-bond acceptors (Lipinski definition) is 4. The van der Waals surface area contributed by atoms with Crippen molar-refractivity contribution in [2.75, 3.05) is 11.5 Å². The lowest BCUT2D eigenvalue weighted by Gasteiger charge is -2.26. The van der Waals surface area contributed by atoms with Gasteiger partial charge in [-0.15, -0.1) is 0 Å². The van der Waals surface area contributed by atoms with Crippen LogP contribution in [-0.2, 0) is 9.59 Å². The number of carbonyl (C=O) groups excluding carboxylic acids is 3. The first kappa shape index (κ1) is 20.9. The minimum Gasteiger partial charge on any atom is -0.492 e. The molecule has 0 aliphatic carbocycles. The molecule has 6 nitrogen and oxygen atoms in total. The van der Waals surface area contributed by atoms with Crippen LogP contribution in [-0.4, -0.2) is 24.5 Å². The fraction of sp³-hybridized carbons (Fsp3) is 0.190. The van der Waals surface area contributed by atoms with Gasteiger partial charge in [-0.2, -0.15) is 0 Å². The Bertz CT molecular complexity index is 1030. The molecule has 1 fully saturated rings. The number of urea groups is 1. The van der Waals surface area contributed by atoms with Crippen LogP contribution in [0.3, 0.4) is 0 Å². The molecule has 0 aromatic heterocycles. The molecule has 0 unspecified atom stereocenters. The first-order valence-corrected chi connectivity index (χ1v) is 9.67. The van der Waals surface area contributed by atoms with Crippen molar-refractivity contribution in [3.8, 4) is 5.75 Å². The average Bonchev–Trinajstić information content (AvgIpc) is 2.67. The van der Waals surface area contributed by atoms with Gasteiger partial charge in [0, 0.05) is 5.02 Å². The smallest absolute Gasteiger partial charge is 0.335 e. The fourth-order valence-corrected chi connectivity index (χ4v) is 3.13. The highest BCUT2D eigenvalue weighted by molar-refractivity contribution is 6.39. The molecule has 2 aromatic carbocycles. The van der Waals surface area contributed by atoms with Crippen molar-refractivity contribution in [3.63, 3.8) is 0 Å². The highest BCUT2D eigenvalue weighted by Gasteiger charge is 2.37. The van der Waals surface area contributed by atoms with Gasteiger partial charge in [0.2, 0.25) is 0 Å². The minimum absolute atomic E-state index is 0.195. The summed E-state index contributed by atoms with van der Waals surface area (Å²) in [6.07, 6.45) is 2.21. The zero-order valence-electron chi connectivity index (χ0n) is 15.8. The molecule has 1 heterocycles. The van der Waals surface area contributed by atoms with Crippen LogP contribution in [0, 0.1) is 6.92 Å². The minimum atomic E-state index is -0.835. The summed E-state index contributed by atoms with van der Waals surface area (Å²) < 4.78 is 5.52. The number of imide groups is 2. The van der Waals surface area contributed by atoms with Gasteiger partial charge in [0.1, 0.15) is 11.3 Å². The number of benzene rings is 2. The van der Waals surface area contributed by atoms with Crippen molar-refractivity contribution in [3.05, 3.63) is 63.1 Å². The quantitative estimate of drug-likeness (QED) is 0.545. The van der Waals surface area contributed by atoms with Crippen LogP contribution in [0.15, 0.2) is 42.0 Å². The van der Waals surface area contributed by atoms with Crippen LogP contribution < -0.4 is 15.0 Å². The SMILES string of the molecule is CCCOc1ccc(/C=C2\C(=O)NC(=O)N(c3ccc(C)c(Cl)c3)C2=O)cc1Cl. The number of anilines is 1.